The summed E-state index contributed by atoms with van der Waals surface area (Å²) in [5.74, 6) is 0.716. The van der Waals surface area contributed by atoms with Crippen LogP contribution in [0.1, 0.15) is 35.9 Å². The van der Waals surface area contributed by atoms with Crippen molar-refractivity contribution in [2.24, 2.45) is 0 Å². The second kappa shape index (κ2) is 5.04. The molecule has 2 rings (SSSR count). The van der Waals surface area contributed by atoms with Gasteiger partial charge in [-0.15, -0.1) is 0 Å². The van der Waals surface area contributed by atoms with Crippen molar-refractivity contribution in [2.75, 3.05) is 7.11 Å². The summed E-state index contributed by atoms with van der Waals surface area (Å²) in [6.07, 6.45) is 1.65. The maximum Gasteiger partial charge on any atom is 0.211 e. The Hall–Kier alpha value is -2.10. The van der Waals surface area contributed by atoms with Gasteiger partial charge in [-0.25, -0.2) is 0 Å². The average Bonchev–Trinajstić information content (AvgIpc) is 2.87. The van der Waals surface area contributed by atoms with Gasteiger partial charge >= 0.3 is 0 Å². The lowest BCUT2D eigenvalue weighted by Gasteiger charge is -2.10. The molecule has 1 aromatic carbocycles. The monoisotopic (exact) mass is 244 g/mol. The zero-order valence-electron chi connectivity index (χ0n) is 10.8. The van der Waals surface area contributed by atoms with E-state index in [9.17, 15) is 4.79 Å². The molecule has 18 heavy (non-hydrogen) atoms. The van der Waals surface area contributed by atoms with Gasteiger partial charge in [0.25, 0.3) is 0 Å². The zero-order valence-corrected chi connectivity index (χ0v) is 10.8. The van der Waals surface area contributed by atoms with Crippen LogP contribution in [0.5, 0.6) is 5.75 Å². The van der Waals surface area contributed by atoms with Gasteiger partial charge in [-0.05, 0) is 44.2 Å². The van der Waals surface area contributed by atoms with Gasteiger partial charge in [0, 0.05) is 17.8 Å². The number of hydrogen-bond acceptors (Lipinski definition) is 3. The highest BCUT2D eigenvalue weighted by Gasteiger charge is 2.15. The summed E-state index contributed by atoms with van der Waals surface area (Å²) in [4.78, 5) is 12.3. The fraction of sp³-hybridized carbons (Fsp3) is 0.286. The first-order valence-corrected chi connectivity index (χ1v) is 5.85. The highest BCUT2D eigenvalue weighted by Crippen LogP contribution is 2.16. The van der Waals surface area contributed by atoms with Crippen LogP contribution in [0.25, 0.3) is 0 Å². The maximum absolute atomic E-state index is 12.3. The summed E-state index contributed by atoms with van der Waals surface area (Å²) in [6, 6.07) is 8.99. The minimum atomic E-state index is -0.0242. The van der Waals surface area contributed by atoms with Crippen LogP contribution >= 0.6 is 0 Å². The normalized spacial score (nSPS) is 10.7. The Kier molecular flexibility index (Phi) is 3.46. The summed E-state index contributed by atoms with van der Waals surface area (Å²) in [5.41, 5.74) is 1.24. The number of aromatic nitrogens is 2. The largest absolute Gasteiger partial charge is 0.497 e. The first kappa shape index (κ1) is 12.4. The van der Waals surface area contributed by atoms with Crippen LogP contribution in [-0.2, 0) is 0 Å². The molecule has 0 aliphatic carbocycles. The van der Waals surface area contributed by atoms with E-state index in [1.807, 2.05) is 13.8 Å². The van der Waals surface area contributed by atoms with Gasteiger partial charge in [-0.3, -0.25) is 9.48 Å². The van der Waals surface area contributed by atoms with E-state index in [1.54, 1.807) is 48.3 Å². The van der Waals surface area contributed by atoms with Crippen molar-refractivity contribution >= 4 is 5.78 Å². The predicted octanol–water partition coefficient (Wildman–Crippen LogP) is 2.70. The number of nitrogens with zero attached hydrogens (tertiary/aromatic N) is 2. The molecule has 0 atom stereocenters. The fourth-order valence-electron chi connectivity index (χ4n) is 1.80. The quantitative estimate of drug-likeness (QED) is 0.777. The van der Waals surface area contributed by atoms with E-state index in [0.29, 0.717) is 11.3 Å². The van der Waals surface area contributed by atoms with E-state index in [1.165, 1.54) is 0 Å². The number of ether oxygens (including phenoxy) is 1. The van der Waals surface area contributed by atoms with Crippen LogP contribution in [-0.4, -0.2) is 22.7 Å². The number of hydrogen-bond donors (Lipinski definition) is 0. The molecule has 0 saturated carbocycles. The minimum Gasteiger partial charge on any atom is -0.497 e. The van der Waals surface area contributed by atoms with Crippen molar-refractivity contribution in [3.63, 3.8) is 0 Å². The van der Waals surface area contributed by atoms with E-state index in [4.69, 9.17) is 4.74 Å². The Labute approximate surface area is 106 Å². The van der Waals surface area contributed by atoms with Crippen LogP contribution < -0.4 is 4.74 Å². The van der Waals surface area contributed by atoms with E-state index >= 15 is 0 Å². The second-order valence-corrected chi connectivity index (χ2v) is 4.31. The van der Waals surface area contributed by atoms with E-state index in [-0.39, 0.29) is 11.8 Å². The van der Waals surface area contributed by atoms with Crippen molar-refractivity contribution in [3.05, 3.63) is 47.8 Å². The standard InChI is InChI=1S/C14H16N2O2/c1-10(2)16-13(8-9-15-16)14(17)11-4-6-12(18-3)7-5-11/h4-10H,1-3H3. The van der Waals surface area contributed by atoms with Gasteiger partial charge in [-0.1, -0.05) is 0 Å². The molecule has 94 valence electrons. The topological polar surface area (TPSA) is 44.1 Å². The summed E-state index contributed by atoms with van der Waals surface area (Å²) in [6.45, 7) is 4.00. The second-order valence-electron chi connectivity index (χ2n) is 4.31. The molecule has 0 aliphatic heterocycles. The first-order valence-electron chi connectivity index (χ1n) is 5.85. The molecular weight excluding hydrogens is 228 g/mol. The Bertz CT molecular complexity index is 541. The average molecular weight is 244 g/mol. The van der Waals surface area contributed by atoms with Crippen molar-refractivity contribution in [2.45, 2.75) is 19.9 Å². The molecule has 2 aromatic rings. The van der Waals surface area contributed by atoms with E-state index < -0.39 is 0 Å². The van der Waals surface area contributed by atoms with Crippen LogP contribution in [0, 0.1) is 0 Å². The molecule has 0 radical (unpaired) electrons. The van der Waals surface area contributed by atoms with Gasteiger partial charge in [0.2, 0.25) is 5.78 Å². The molecule has 0 bridgehead atoms. The Balaban J connectivity index is 2.32. The molecule has 0 spiro atoms. The van der Waals surface area contributed by atoms with Gasteiger partial charge < -0.3 is 4.74 Å². The van der Waals surface area contributed by atoms with E-state index in [2.05, 4.69) is 5.10 Å². The van der Waals surface area contributed by atoms with Crippen molar-refractivity contribution in [1.29, 1.82) is 0 Å². The summed E-state index contributed by atoms with van der Waals surface area (Å²) in [5, 5.41) is 4.17. The zero-order chi connectivity index (χ0) is 13.1. The molecule has 0 saturated heterocycles. The van der Waals surface area contributed by atoms with Gasteiger partial charge in [0.05, 0.1) is 7.11 Å². The van der Waals surface area contributed by atoms with Crippen molar-refractivity contribution in [3.8, 4) is 5.75 Å². The first-order chi connectivity index (χ1) is 8.63. The molecule has 1 aromatic heterocycles. The summed E-state index contributed by atoms with van der Waals surface area (Å²) >= 11 is 0. The third kappa shape index (κ3) is 2.27. The maximum atomic E-state index is 12.3. The van der Waals surface area contributed by atoms with Crippen LogP contribution in [0.15, 0.2) is 36.5 Å². The van der Waals surface area contributed by atoms with Gasteiger partial charge in [-0.2, -0.15) is 5.10 Å². The fourth-order valence-corrected chi connectivity index (χ4v) is 1.80. The number of rotatable bonds is 4. The highest BCUT2D eigenvalue weighted by molar-refractivity contribution is 6.07. The van der Waals surface area contributed by atoms with Crippen LogP contribution in [0.3, 0.4) is 0 Å². The third-order valence-electron chi connectivity index (χ3n) is 2.74. The Morgan fingerprint density at radius 1 is 1.22 bits per heavy atom. The highest BCUT2D eigenvalue weighted by atomic mass is 16.5. The van der Waals surface area contributed by atoms with E-state index in [0.717, 1.165) is 5.75 Å². The molecule has 4 heteroatoms. The summed E-state index contributed by atoms with van der Waals surface area (Å²) in [7, 11) is 1.60. The molecule has 0 unspecified atom stereocenters. The molecular formula is C14H16N2O2. The number of carbonyl (C=O) groups excluding carboxylic acids is 1. The number of carbonyl (C=O) groups is 1. The van der Waals surface area contributed by atoms with Gasteiger partial charge in [0.1, 0.15) is 11.4 Å². The lowest BCUT2D eigenvalue weighted by Crippen LogP contribution is -2.13. The SMILES string of the molecule is COc1ccc(C(=O)c2ccnn2C(C)C)cc1. The molecule has 1 heterocycles. The molecule has 0 aliphatic rings. The third-order valence-corrected chi connectivity index (χ3v) is 2.74. The van der Waals surface area contributed by atoms with Crippen LogP contribution in [0.2, 0.25) is 0 Å². The smallest absolute Gasteiger partial charge is 0.211 e. The molecule has 0 amide bonds. The Morgan fingerprint density at radius 2 is 1.89 bits per heavy atom. The predicted molar refractivity (Wildman–Crippen MR) is 69.0 cm³/mol. The lowest BCUT2D eigenvalue weighted by molar-refractivity contribution is 0.102. The van der Waals surface area contributed by atoms with Crippen LogP contribution in [0.4, 0.5) is 0 Å². The number of benzene rings is 1. The Morgan fingerprint density at radius 3 is 2.44 bits per heavy atom. The number of methoxy groups -OCH3 is 1. The molecule has 0 N–H and O–H groups in total. The minimum absolute atomic E-state index is 0.0242. The molecule has 4 nitrogen and oxygen atoms in total. The molecule has 0 fully saturated rings. The van der Waals surface area contributed by atoms with Crippen molar-refractivity contribution in [1.82, 2.24) is 9.78 Å². The van der Waals surface area contributed by atoms with Crippen molar-refractivity contribution < 1.29 is 9.53 Å². The summed E-state index contributed by atoms with van der Waals surface area (Å²) < 4.78 is 6.80. The van der Waals surface area contributed by atoms with Gasteiger partial charge in [0.15, 0.2) is 0 Å². The number of ketones is 1. The lowest BCUT2D eigenvalue weighted by atomic mass is 10.1.